The number of benzene rings is 1. The Balaban J connectivity index is 1.99. The van der Waals surface area contributed by atoms with E-state index in [2.05, 4.69) is 21.3 Å². The minimum Gasteiger partial charge on any atom is -0.265 e. The second-order valence-corrected chi connectivity index (χ2v) is 3.41. The number of hydrogen-bond donors (Lipinski definition) is 0. The number of nitriles is 1. The minimum atomic E-state index is 0.530. The maximum Gasteiger partial charge on any atom is 0.0991 e. The summed E-state index contributed by atoms with van der Waals surface area (Å²) >= 11 is 0. The van der Waals surface area contributed by atoms with Crippen LogP contribution in [0.4, 0.5) is 5.69 Å². The van der Waals surface area contributed by atoms with Gasteiger partial charge in [0.1, 0.15) is 0 Å². The summed E-state index contributed by atoms with van der Waals surface area (Å²) in [7, 11) is 0. The monoisotopic (exact) mass is 222 g/mol. The number of hydrogen-bond acceptors (Lipinski definition) is 4. The lowest BCUT2D eigenvalue weighted by Gasteiger charge is -1.94. The van der Waals surface area contributed by atoms with Crippen molar-refractivity contribution >= 4 is 5.69 Å². The van der Waals surface area contributed by atoms with E-state index < -0.39 is 0 Å². The Kier molecular flexibility index (Phi) is 3.56. The van der Waals surface area contributed by atoms with Crippen molar-refractivity contribution in [1.29, 1.82) is 5.26 Å². The fourth-order valence-corrected chi connectivity index (χ4v) is 1.29. The molecular weight excluding hydrogens is 212 g/mol. The van der Waals surface area contributed by atoms with Crippen LogP contribution in [-0.4, -0.2) is 4.98 Å². The van der Waals surface area contributed by atoms with Crippen molar-refractivity contribution in [3.63, 3.8) is 0 Å². The molecule has 0 aliphatic rings. The zero-order valence-electron chi connectivity index (χ0n) is 9.11. The van der Waals surface area contributed by atoms with Gasteiger partial charge >= 0.3 is 0 Å². The third kappa shape index (κ3) is 3.21. The van der Waals surface area contributed by atoms with Gasteiger partial charge in [-0.15, -0.1) is 0 Å². The molecule has 0 bridgehead atoms. The van der Waals surface area contributed by atoms with E-state index >= 15 is 0 Å². The summed E-state index contributed by atoms with van der Waals surface area (Å²) in [6.07, 6.45) is 3.46. The summed E-state index contributed by atoms with van der Waals surface area (Å²) in [4.78, 5) is 3.93. The first-order valence-electron chi connectivity index (χ1n) is 5.15. The zero-order valence-corrected chi connectivity index (χ0v) is 9.11. The summed E-state index contributed by atoms with van der Waals surface area (Å²) < 4.78 is 0. The molecule has 0 aliphatic heterocycles. The van der Waals surface area contributed by atoms with Gasteiger partial charge in [-0.25, -0.2) is 0 Å². The summed E-state index contributed by atoms with van der Waals surface area (Å²) in [6.45, 7) is 0.530. The smallest absolute Gasteiger partial charge is 0.0991 e. The van der Waals surface area contributed by atoms with Crippen LogP contribution in [-0.2, 0) is 6.54 Å². The lowest BCUT2D eigenvalue weighted by Crippen LogP contribution is -1.79. The fourth-order valence-electron chi connectivity index (χ4n) is 1.29. The molecule has 0 radical (unpaired) electrons. The first-order valence-corrected chi connectivity index (χ1v) is 5.15. The summed E-state index contributed by atoms with van der Waals surface area (Å²) in [5.41, 5.74) is 2.44. The van der Waals surface area contributed by atoms with Gasteiger partial charge in [-0.1, -0.05) is 0 Å². The molecule has 4 nitrogen and oxygen atoms in total. The number of pyridine rings is 1. The lowest BCUT2D eigenvalue weighted by molar-refractivity contribution is 0.955. The van der Waals surface area contributed by atoms with Crippen molar-refractivity contribution in [2.24, 2.45) is 10.2 Å². The molecule has 0 saturated heterocycles. The van der Waals surface area contributed by atoms with E-state index in [1.165, 1.54) is 0 Å². The average molecular weight is 222 g/mol. The minimum absolute atomic E-state index is 0.530. The summed E-state index contributed by atoms with van der Waals surface area (Å²) in [5.74, 6) is 0. The van der Waals surface area contributed by atoms with Gasteiger partial charge in [-0.3, -0.25) is 4.98 Å². The Bertz CT molecular complexity index is 538. The molecule has 1 aromatic heterocycles. The molecule has 0 N–H and O–H groups in total. The van der Waals surface area contributed by atoms with Crippen LogP contribution in [0.5, 0.6) is 0 Å². The van der Waals surface area contributed by atoms with Gasteiger partial charge in [0.25, 0.3) is 0 Å². The number of azo groups is 1. The van der Waals surface area contributed by atoms with E-state index in [9.17, 15) is 0 Å². The molecule has 0 amide bonds. The second-order valence-electron chi connectivity index (χ2n) is 3.41. The van der Waals surface area contributed by atoms with Crippen LogP contribution in [0.15, 0.2) is 59.0 Å². The Labute approximate surface area is 99.3 Å². The van der Waals surface area contributed by atoms with Crippen molar-refractivity contribution in [2.45, 2.75) is 6.54 Å². The van der Waals surface area contributed by atoms with Crippen molar-refractivity contribution < 1.29 is 0 Å². The van der Waals surface area contributed by atoms with Gasteiger partial charge in [-0.2, -0.15) is 15.5 Å². The van der Waals surface area contributed by atoms with Crippen LogP contribution < -0.4 is 0 Å². The molecule has 17 heavy (non-hydrogen) atoms. The molecule has 2 aromatic rings. The van der Waals surface area contributed by atoms with Crippen LogP contribution in [0.2, 0.25) is 0 Å². The lowest BCUT2D eigenvalue weighted by atomic mass is 10.2. The fraction of sp³-hybridized carbons (Fsp3) is 0.0769. The van der Waals surface area contributed by atoms with Crippen molar-refractivity contribution in [2.75, 3.05) is 0 Å². The van der Waals surface area contributed by atoms with Gasteiger partial charge in [0.2, 0.25) is 0 Å². The molecule has 0 unspecified atom stereocenters. The maximum absolute atomic E-state index is 8.64. The highest BCUT2D eigenvalue weighted by atomic mass is 15.1. The molecule has 82 valence electrons. The van der Waals surface area contributed by atoms with Crippen LogP contribution in [0, 0.1) is 11.3 Å². The molecular formula is C13H10N4. The van der Waals surface area contributed by atoms with Crippen LogP contribution in [0.1, 0.15) is 11.1 Å². The number of aromatic nitrogens is 1. The first kappa shape index (κ1) is 11.0. The zero-order chi connectivity index (χ0) is 11.9. The normalized spacial score (nSPS) is 10.3. The molecule has 0 atom stereocenters. The second kappa shape index (κ2) is 5.52. The topological polar surface area (TPSA) is 61.4 Å². The molecule has 0 spiro atoms. The third-order valence-electron chi connectivity index (χ3n) is 2.19. The average Bonchev–Trinajstić information content (AvgIpc) is 2.41. The van der Waals surface area contributed by atoms with Gasteiger partial charge in [0.15, 0.2) is 0 Å². The largest absolute Gasteiger partial charge is 0.265 e. The third-order valence-corrected chi connectivity index (χ3v) is 2.19. The molecule has 0 aliphatic carbocycles. The van der Waals surface area contributed by atoms with E-state index in [-0.39, 0.29) is 0 Å². The van der Waals surface area contributed by atoms with Crippen molar-refractivity contribution in [3.05, 3.63) is 59.9 Å². The SMILES string of the molecule is N#Cc1ccc(N=NCc2ccncc2)cc1. The highest BCUT2D eigenvalue weighted by Crippen LogP contribution is 2.13. The van der Waals surface area contributed by atoms with Gasteiger partial charge < -0.3 is 0 Å². The maximum atomic E-state index is 8.64. The van der Waals surface area contributed by atoms with Crippen LogP contribution in [0.25, 0.3) is 0 Å². The molecule has 1 heterocycles. The Hall–Kier alpha value is -2.54. The van der Waals surface area contributed by atoms with E-state index in [4.69, 9.17) is 5.26 Å². The van der Waals surface area contributed by atoms with E-state index in [0.29, 0.717) is 12.1 Å². The Morgan fingerprint density at radius 3 is 2.41 bits per heavy atom. The van der Waals surface area contributed by atoms with E-state index in [1.54, 1.807) is 36.7 Å². The highest BCUT2D eigenvalue weighted by Gasteiger charge is 1.92. The highest BCUT2D eigenvalue weighted by molar-refractivity contribution is 5.41. The quantitative estimate of drug-likeness (QED) is 0.748. The van der Waals surface area contributed by atoms with Gasteiger partial charge in [-0.05, 0) is 42.0 Å². The predicted octanol–water partition coefficient (Wildman–Crippen LogP) is 3.24. The van der Waals surface area contributed by atoms with Gasteiger partial charge in [0, 0.05) is 12.4 Å². The molecule has 0 saturated carbocycles. The summed E-state index contributed by atoms with van der Waals surface area (Å²) in [6, 6.07) is 12.8. The Morgan fingerprint density at radius 2 is 1.76 bits per heavy atom. The molecule has 2 rings (SSSR count). The number of nitrogens with zero attached hydrogens (tertiary/aromatic N) is 4. The van der Waals surface area contributed by atoms with E-state index in [0.717, 1.165) is 11.3 Å². The Morgan fingerprint density at radius 1 is 1.06 bits per heavy atom. The number of rotatable bonds is 3. The van der Waals surface area contributed by atoms with Crippen molar-refractivity contribution in [3.8, 4) is 6.07 Å². The van der Waals surface area contributed by atoms with Crippen molar-refractivity contribution in [1.82, 2.24) is 4.98 Å². The van der Waals surface area contributed by atoms with Crippen LogP contribution >= 0.6 is 0 Å². The first-order chi connectivity index (χ1) is 8.38. The predicted molar refractivity (Wildman–Crippen MR) is 63.6 cm³/mol. The molecule has 4 heteroatoms. The standard InChI is InChI=1S/C13H10N4/c14-9-11-1-3-13(4-2-11)17-16-10-12-5-7-15-8-6-12/h1-8H,10H2. The summed E-state index contributed by atoms with van der Waals surface area (Å²) in [5, 5.41) is 16.8. The van der Waals surface area contributed by atoms with Crippen LogP contribution in [0.3, 0.4) is 0 Å². The molecule has 1 aromatic carbocycles. The van der Waals surface area contributed by atoms with E-state index in [1.807, 2.05) is 12.1 Å². The van der Waals surface area contributed by atoms with Gasteiger partial charge in [0.05, 0.1) is 23.9 Å². The molecule has 0 fully saturated rings.